The van der Waals surface area contributed by atoms with Gasteiger partial charge >= 0.3 is 10.1 Å². The lowest BCUT2D eigenvalue weighted by atomic mass is 10.2. The van der Waals surface area contributed by atoms with Gasteiger partial charge in [0.05, 0.1) is 12.1 Å². The maximum atomic E-state index is 4.61. The molecule has 0 saturated heterocycles. The summed E-state index contributed by atoms with van der Waals surface area (Å²) in [6.07, 6.45) is 2.01. The number of thioether (sulfide) groups is 1. The summed E-state index contributed by atoms with van der Waals surface area (Å²) in [6.45, 7) is 0. The minimum Gasteiger partial charge on any atom is -0.0985 e. The van der Waals surface area contributed by atoms with Crippen molar-refractivity contribution < 1.29 is 4.52 Å². The molecule has 0 unspecified atom stereocenters. The van der Waals surface area contributed by atoms with Crippen molar-refractivity contribution in [1.29, 1.82) is 0 Å². The predicted octanol–water partition coefficient (Wildman–Crippen LogP) is 2.00. The van der Waals surface area contributed by atoms with Gasteiger partial charge in [-0.25, -0.2) is 0 Å². The third-order valence-electron chi connectivity index (χ3n) is 2.46. The lowest BCUT2D eigenvalue weighted by Gasteiger charge is -1.90. The Morgan fingerprint density at radius 2 is 2.06 bits per heavy atom. The van der Waals surface area contributed by atoms with E-state index in [0.29, 0.717) is 0 Å². The van der Waals surface area contributed by atoms with Crippen LogP contribution in [0.2, 0.25) is 0 Å². The minimum atomic E-state index is 0.918. The van der Waals surface area contributed by atoms with E-state index in [0.717, 1.165) is 20.7 Å². The van der Waals surface area contributed by atoms with Crippen LogP contribution in [-0.4, -0.2) is 21.1 Å². The lowest BCUT2D eigenvalue weighted by molar-refractivity contribution is -0.616. The molecule has 2 heterocycles. The highest BCUT2D eigenvalue weighted by atomic mass is 32.2. The summed E-state index contributed by atoms with van der Waals surface area (Å²) in [5, 5.41) is 10.9. The number of fused-ring (bicyclic) bond motifs is 1. The molecular weight excluding hydrogens is 252 g/mol. The van der Waals surface area contributed by atoms with E-state index in [9.17, 15) is 0 Å². The second kappa shape index (κ2) is 4.12. The highest BCUT2D eigenvalue weighted by Gasteiger charge is 2.22. The maximum absolute atomic E-state index is 4.61. The summed E-state index contributed by atoms with van der Waals surface area (Å²) in [4.78, 5) is 1.05. The zero-order chi connectivity index (χ0) is 11.8. The third-order valence-corrected chi connectivity index (χ3v) is 4.21. The van der Waals surface area contributed by atoms with Gasteiger partial charge in [-0.1, -0.05) is 56.4 Å². The molecule has 3 aromatic rings. The maximum Gasteiger partial charge on any atom is 0.361 e. The average molecular weight is 263 g/mol. The molecule has 3 rings (SSSR count). The van der Waals surface area contributed by atoms with E-state index in [1.165, 1.54) is 0 Å². The highest BCUT2D eigenvalue weighted by Crippen LogP contribution is 2.23. The summed E-state index contributed by atoms with van der Waals surface area (Å²) in [5.41, 5.74) is 1.15. The van der Waals surface area contributed by atoms with Gasteiger partial charge in [0.1, 0.15) is 0 Å². The Bertz CT molecular complexity index is 657. The number of hydrogen-bond donors (Lipinski definition) is 0. The van der Waals surface area contributed by atoms with Crippen LogP contribution in [0.4, 0.5) is 0 Å². The minimum absolute atomic E-state index is 0.918. The van der Waals surface area contributed by atoms with E-state index in [4.69, 9.17) is 0 Å². The Kier molecular flexibility index (Phi) is 2.60. The largest absolute Gasteiger partial charge is 0.361 e. The monoisotopic (exact) mass is 263 g/mol. The Labute approximate surface area is 107 Å². The van der Waals surface area contributed by atoms with Gasteiger partial charge in [0, 0.05) is 5.56 Å². The topological polar surface area (TPSA) is 34.8 Å². The molecule has 0 amide bonds. The molecular formula is C11H11N4S2+. The zero-order valence-electron chi connectivity index (χ0n) is 9.49. The molecule has 0 aliphatic rings. The van der Waals surface area contributed by atoms with Gasteiger partial charge in [-0.2, -0.15) is 0 Å². The number of hydrogen-bond acceptors (Lipinski definition) is 4. The Morgan fingerprint density at radius 3 is 2.76 bits per heavy atom. The van der Waals surface area contributed by atoms with Crippen molar-refractivity contribution >= 4 is 28.1 Å². The molecule has 2 aromatic heterocycles. The molecule has 0 saturated carbocycles. The standard InChI is InChI=1S/C11H11N4S2/c1-14-11-15(10(13-14)16-2)12-9(17-11)8-6-4-3-5-7-8/h3-7H,1-2H3/q+1. The molecule has 0 bridgehead atoms. The molecule has 0 atom stereocenters. The van der Waals surface area contributed by atoms with Crippen LogP contribution in [0.1, 0.15) is 0 Å². The fraction of sp³-hybridized carbons (Fsp3) is 0.182. The number of benzene rings is 1. The van der Waals surface area contributed by atoms with Crippen LogP contribution in [0.25, 0.3) is 15.5 Å². The molecule has 0 fully saturated rings. The van der Waals surface area contributed by atoms with Crippen molar-refractivity contribution in [2.75, 3.05) is 6.26 Å². The van der Waals surface area contributed by atoms with Crippen molar-refractivity contribution in [3.05, 3.63) is 30.3 Å². The van der Waals surface area contributed by atoms with Crippen LogP contribution >= 0.6 is 23.1 Å². The fourth-order valence-electron chi connectivity index (χ4n) is 1.65. The first-order chi connectivity index (χ1) is 8.29. The first-order valence-corrected chi connectivity index (χ1v) is 7.19. The normalized spacial score (nSPS) is 11.2. The van der Waals surface area contributed by atoms with Gasteiger partial charge in [0.25, 0.3) is 0 Å². The SMILES string of the molecule is CSc1nn(C)c2sc(-c3ccccc3)n[n+]12. The molecule has 86 valence electrons. The molecule has 17 heavy (non-hydrogen) atoms. The van der Waals surface area contributed by atoms with Gasteiger partial charge in [-0.05, 0) is 17.6 Å². The summed E-state index contributed by atoms with van der Waals surface area (Å²) in [6, 6.07) is 10.2. The molecule has 0 aliphatic carbocycles. The van der Waals surface area contributed by atoms with Gasteiger partial charge < -0.3 is 0 Å². The van der Waals surface area contributed by atoms with E-state index < -0.39 is 0 Å². The number of aryl methyl sites for hydroxylation is 1. The van der Waals surface area contributed by atoms with Gasteiger partial charge in [0.2, 0.25) is 0 Å². The molecule has 0 aliphatic heterocycles. The van der Waals surface area contributed by atoms with Crippen molar-refractivity contribution in [2.45, 2.75) is 5.16 Å². The first kappa shape index (κ1) is 10.7. The predicted molar refractivity (Wildman–Crippen MR) is 69.3 cm³/mol. The number of aromatic nitrogens is 4. The van der Waals surface area contributed by atoms with Crippen molar-refractivity contribution in [1.82, 2.24) is 14.9 Å². The van der Waals surface area contributed by atoms with E-state index in [2.05, 4.69) is 22.3 Å². The van der Waals surface area contributed by atoms with Crippen molar-refractivity contribution in [3.63, 3.8) is 0 Å². The summed E-state index contributed by atoms with van der Waals surface area (Å²) >= 11 is 3.26. The molecule has 0 N–H and O–H groups in total. The zero-order valence-corrected chi connectivity index (χ0v) is 11.1. The second-order valence-corrected chi connectivity index (χ2v) is 5.31. The van der Waals surface area contributed by atoms with Crippen molar-refractivity contribution in [2.24, 2.45) is 7.05 Å². The van der Waals surface area contributed by atoms with Crippen LogP contribution in [0.5, 0.6) is 0 Å². The molecule has 1 aromatic carbocycles. The van der Waals surface area contributed by atoms with Gasteiger partial charge in [0.15, 0.2) is 5.01 Å². The van der Waals surface area contributed by atoms with Crippen molar-refractivity contribution in [3.8, 4) is 10.6 Å². The summed E-state index contributed by atoms with van der Waals surface area (Å²) in [7, 11) is 1.95. The third kappa shape index (κ3) is 1.73. The Morgan fingerprint density at radius 1 is 1.29 bits per heavy atom. The number of nitrogens with zero attached hydrogens (tertiary/aromatic N) is 4. The Hall–Kier alpha value is -1.40. The fourth-order valence-corrected chi connectivity index (χ4v) is 3.15. The van der Waals surface area contributed by atoms with E-state index in [1.807, 2.05) is 40.7 Å². The van der Waals surface area contributed by atoms with Crippen LogP contribution in [0.3, 0.4) is 0 Å². The van der Waals surface area contributed by atoms with Crippen LogP contribution in [0.15, 0.2) is 35.5 Å². The van der Waals surface area contributed by atoms with Gasteiger partial charge in [-0.15, -0.1) is 0 Å². The van der Waals surface area contributed by atoms with E-state index >= 15 is 0 Å². The lowest BCUT2D eigenvalue weighted by Crippen LogP contribution is -2.23. The first-order valence-electron chi connectivity index (χ1n) is 5.15. The average Bonchev–Trinajstić information content (AvgIpc) is 2.92. The quantitative estimate of drug-likeness (QED) is 0.524. The number of rotatable bonds is 2. The molecule has 0 radical (unpaired) electrons. The summed E-state index contributed by atoms with van der Waals surface area (Å²) in [5.74, 6) is 0. The molecule has 6 heteroatoms. The van der Waals surface area contributed by atoms with Crippen LogP contribution in [0, 0.1) is 0 Å². The van der Waals surface area contributed by atoms with Gasteiger partial charge in [-0.3, -0.25) is 0 Å². The summed E-state index contributed by atoms with van der Waals surface area (Å²) < 4.78 is 3.77. The second-order valence-electron chi connectivity index (χ2n) is 3.58. The smallest absolute Gasteiger partial charge is 0.0985 e. The highest BCUT2D eigenvalue weighted by molar-refractivity contribution is 7.98. The van der Waals surface area contributed by atoms with Crippen LogP contribution < -0.4 is 4.52 Å². The van der Waals surface area contributed by atoms with Crippen LogP contribution in [-0.2, 0) is 7.05 Å². The van der Waals surface area contributed by atoms with E-state index in [-0.39, 0.29) is 0 Å². The van der Waals surface area contributed by atoms with E-state index in [1.54, 1.807) is 23.1 Å². The Balaban J connectivity index is 2.20. The molecule has 4 nitrogen and oxygen atoms in total. The molecule has 0 spiro atoms.